The van der Waals surface area contributed by atoms with E-state index in [1.807, 2.05) is 0 Å². The quantitative estimate of drug-likeness (QED) is 0.929. The van der Waals surface area contributed by atoms with Crippen molar-refractivity contribution in [3.05, 3.63) is 29.6 Å². The van der Waals surface area contributed by atoms with E-state index in [2.05, 4.69) is 16.6 Å². The molecule has 1 heterocycles. The first-order chi connectivity index (χ1) is 8.95. The maximum absolute atomic E-state index is 13.5. The van der Waals surface area contributed by atoms with Crippen molar-refractivity contribution in [1.29, 1.82) is 0 Å². The molecule has 2 rings (SSSR count). The minimum atomic E-state index is -3.02. The van der Waals surface area contributed by atoms with Crippen molar-refractivity contribution in [3.8, 4) is 5.75 Å². The SMILES string of the molecule is CC1CN(Cc2ccc(OC(F)F)c(F)c2)CC1N.Cl. The van der Waals surface area contributed by atoms with E-state index < -0.39 is 18.2 Å². The monoisotopic (exact) mass is 310 g/mol. The summed E-state index contributed by atoms with van der Waals surface area (Å²) in [6.07, 6.45) is 0. The number of hydrogen-bond acceptors (Lipinski definition) is 3. The number of nitrogens with zero attached hydrogens (tertiary/aromatic N) is 1. The molecule has 0 bridgehead atoms. The Hall–Kier alpha value is -0.980. The smallest absolute Gasteiger partial charge is 0.387 e. The third-order valence-electron chi connectivity index (χ3n) is 3.36. The van der Waals surface area contributed by atoms with Gasteiger partial charge in [-0.3, -0.25) is 4.90 Å². The number of benzene rings is 1. The first-order valence-electron chi connectivity index (χ1n) is 6.17. The normalized spacial score (nSPS) is 22.9. The Kier molecular flexibility index (Phi) is 6.10. The molecule has 20 heavy (non-hydrogen) atoms. The standard InChI is InChI=1S/C13H17F3N2O.ClH/c1-8-5-18(7-11(8)17)6-9-2-3-12(10(14)4-9)19-13(15)16;/h2-4,8,11,13H,5-7,17H2,1H3;1H. The fourth-order valence-corrected chi connectivity index (χ4v) is 2.32. The van der Waals surface area contributed by atoms with E-state index >= 15 is 0 Å². The average molecular weight is 311 g/mol. The van der Waals surface area contributed by atoms with Crippen molar-refractivity contribution in [2.45, 2.75) is 26.1 Å². The number of ether oxygens (including phenoxy) is 1. The van der Waals surface area contributed by atoms with E-state index in [0.717, 1.165) is 18.7 Å². The first-order valence-corrected chi connectivity index (χ1v) is 6.17. The first kappa shape index (κ1) is 17.1. The summed E-state index contributed by atoms with van der Waals surface area (Å²) < 4.78 is 41.6. The van der Waals surface area contributed by atoms with Gasteiger partial charge in [-0.1, -0.05) is 13.0 Å². The van der Waals surface area contributed by atoms with Crippen molar-refractivity contribution >= 4 is 12.4 Å². The third-order valence-corrected chi connectivity index (χ3v) is 3.36. The molecular weight excluding hydrogens is 293 g/mol. The molecule has 0 amide bonds. The van der Waals surface area contributed by atoms with Crippen molar-refractivity contribution in [2.24, 2.45) is 11.7 Å². The van der Waals surface area contributed by atoms with E-state index in [0.29, 0.717) is 12.5 Å². The molecule has 0 spiro atoms. The Bertz CT molecular complexity index is 438. The van der Waals surface area contributed by atoms with Crippen LogP contribution in [0.2, 0.25) is 0 Å². The van der Waals surface area contributed by atoms with Crippen LogP contribution in [-0.2, 0) is 6.54 Å². The maximum atomic E-state index is 13.5. The van der Waals surface area contributed by atoms with Crippen LogP contribution in [0.4, 0.5) is 13.2 Å². The van der Waals surface area contributed by atoms with Gasteiger partial charge < -0.3 is 10.5 Å². The topological polar surface area (TPSA) is 38.5 Å². The molecule has 1 aliphatic rings. The van der Waals surface area contributed by atoms with Gasteiger partial charge in [-0.15, -0.1) is 12.4 Å². The fraction of sp³-hybridized carbons (Fsp3) is 0.538. The summed E-state index contributed by atoms with van der Waals surface area (Å²) in [6.45, 7) is 1.24. The molecule has 0 aromatic heterocycles. The lowest BCUT2D eigenvalue weighted by Gasteiger charge is -2.16. The second-order valence-corrected chi connectivity index (χ2v) is 4.98. The van der Waals surface area contributed by atoms with E-state index in [9.17, 15) is 13.2 Å². The van der Waals surface area contributed by atoms with E-state index in [1.165, 1.54) is 12.1 Å². The van der Waals surface area contributed by atoms with Crippen LogP contribution in [0.1, 0.15) is 12.5 Å². The van der Waals surface area contributed by atoms with Crippen LogP contribution >= 0.6 is 12.4 Å². The molecule has 0 saturated carbocycles. The van der Waals surface area contributed by atoms with Gasteiger partial charge in [0.1, 0.15) is 0 Å². The Labute approximate surface area is 122 Å². The molecular formula is C13H18ClF3N2O. The maximum Gasteiger partial charge on any atom is 0.387 e. The fourth-order valence-electron chi connectivity index (χ4n) is 2.32. The van der Waals surface area contributed by atoms with Gasteiger partial charge >= 0.3 is 6.61 Å². The molecule has 1 aromatic carbocycles. The highest BCUT2D eigenvalue weighted by molar-refractivity contribution is 5.85. The third kappa shape index (κ3) is 4.26. The Morgan fingerprint density at radius 3 is 2.60 bits per heavy atom. The molecule has 7 heteroatoms. The van der Waals surface area contributed by atoms with Gasteiger partial charge in [0, 0.05) is 25.7 Å². The van der Waals surface area contributed by atoms with Crippen LogP contribution in [0.15, 0.2) is 18.2 Å². The van der Waals surface area contributed by atoms with Crippen LogP contribution in [0.5, 0.6) is 5.75 Å². The molecule has 114 valence electrons. The van der Waals surface area contributed by atoms with Gasteiger partial charge in [0.2, 0.25) is 0 Å². The molecule has 1 saturated heterocycles. The predicted molar refractivity (Wildman–Crippen MR) is 72.7 cm³/mol. The number of alkyl halides is 2. The largest absolute Gasteiger partial charge is 0.432 e. The van der Waals surface area contributed by atoms with Gasteiger partial charge in [-0.25, -0.2) is 4.39 Å². The molecule has 2 N–H and O–H groups in total. The predicted octanol–water partition coefficient (Wildman–Crippen LogP) is 2.63. The van der Waals surface area contributed by atoms with E-state index in [4.69, 9.17) is 5.73 Å². The van der Waals surface area contributed by atoms with Gasteiger partial charge in [-0.2, -0.15) is 8.78 Å². The second-order valence-electron chi connectivity index (χ2n) is 4.98. The molecule has 0 aliphatic carbocycles. The highest BCUT2D eigenvalue weighted by Crippen LogP contribution is 2.23. The van der Waals surface area contributed by atoms with Crippen molar-refractivity contribution in [1.82, 2.24) is 4.90 Å². The Morgan fingerprint density at radius 2 is 2.10 bits per heavy atom. The zero-order valence-electron chi connectivity index (χ0n) is 11.1. The minimum absolute atomic E-state index is 0. The average Bonchev–Trinajstić information content (AvgIpc) is 2.61. The lowest BCUT2D eigenvalue weighted by atomic mass is 10.1. The molecule has 1 fully saturated rings. The molecule has 0 radical (unpaired) electrons. The van der Waals surface area contributed by atoms with Gasteiger partial charge in [0.25, 0.3) is 0 Å². The Balaban J connectivity index is 0.00000200. The minimum Gasteiger partial charge on any atom is -0.432 e. The summed E-state index contributed by atoms with van der Waals surface area (Å²) in [6, 6.07) is 4.18. The molecule has 1 aliphatic heterocycles. The number of likely N-dealkylation sites (tertiary alicyclic amines) is 1. The lowest BCUT2D eigenvalue weighted by Crippen LogP contribution is -2.28. The Morgan fingerprint density at radius 1 is 1.40 bits per heavy atom. The lowest BCUT2D eigenvalue weighted by molar-refractivity contribution is -0.0522. The summed E-state index contributed by atoms with van der Waals surface area (Å²) in [4.78, 5) is 2.12. The molecule has 1 aromatic rings. The second kappa shape index (κ2) is 7.15. The van der Waals surface area contributed by atoms with E-state index in [1.54, 1.807) is 6.07 Å². The summed E-state index contributed by atoms with van der Waals surface area (Å²) in [5.41, 5.74) is 6.63. The highest BCUT2D eigenvalue weighted by Gasteiger charge is 2.26. The van der Waals surface area contributed by atoms with Crippen molar-refractivity contribution in [2.75, 3.05) is 13.1 Å². The van der Waals surface area contributed by atoms with Crippen LogP contribution < -0.4 is 10.5 Å². The van der Waals surface area contributed by atoms with Gasteiger partial charge in [-0.05, 0) is 23.6 Å². The summed E-state index contributed by atoms with van der Waals surface area (Å²) in [5.74, 6) is -0.786. The van der Waals surface area contributed by atoms with Crippen LogP contribution in [0.25, 0.3) is 0 Å². The zero-order valence-corrected chi connectivity index (χ0v) is 11.9. The van der Waals surface area contributed by atoms with E-state index in [-0.39, 0.29) is 18.4 Å². The molecule has 3 nitrogen and oxygen atoms in total. The van der Waals surface area contributed by atoms with Crippen molar-refractivity contribution < 1.29 is 17.9 Å². The van der Waals surface area contributed by atoms with Crippen molar-refractivity contribution in [3.63, 3.8) is 0 Å². The molecule has 2 unspecified atom stereocenters. The summed E-state index contributed by atoms with van der Waals surface area (Å²) in [5, 5.41) is 0. The number of halogens is 4. The number of hydrogen-bond donors (Lipinski definition) is 1. The summed E-state index contributed by atoms with van der Waals surface area (Å²) in [7, 11) is 0. The van der Waals surface area contributed by atoms with Gasteiger partial charge in [0.15, 0.2) is 11.6 Å². The van der Waals surface area contributed by atoms with Crippen LogP contribution in [0.3, 0.4) is 0 Å². The van der Waals surface area contributed by atoms with Crippen LogP contribution in [0, 0.1) is 11.7 Å². The summed E-state index contributed by atoms with van der Waals surface area (Å²) >= 11 is 0. The van der Waals surface area contributed by atoms with Crippen LogP contribution in [-0.4, -0.2) is 30.6 Å². The number of rotatable bonds is 4. The molecule has 2 atom stereocenters. The number of nitrogens with two attached hydrogens (primary N) is 1. The zero-order chi connectivity index (χ0) is 14.0. The highest BCUT2D eigenvalue weighted by atomic mass is 35.5. The van der Waals surface area contributed by atoms with Gasteiger partial charge in [0.05, 0.1) is 0 Å².